The summed E-state index contributed by atoms with van der Waals surface area (Å²) in [5.41, 5.74) is 0. The standard InChI is InChI=1S/C14H29NO2/c1-12(2)17-9-8-15(3)11-14(16)10-13-6-4-5-7-13/h12-14,16H,4-11H2,1-3H3. The molecule has 1 unspecified atom stereocenters. The van der Waals surface area contributed by atoms with Crippen LogP contribution in [-0.2, 0) is 4.74 Å². The first kappa shape index (κ1) is 14.9. The highest BCUT2D eigenvalue weighted by atomic mass is 16.5. The number of hydrogen-bond donors (Lipinski definition) is 1. The van der Waals surface area contributed by atoms with Crippen molar-refractivity contribution in [2.24, 2.45) is 5.92 Å². The van der Waals surface area contributed by atoms with Crippen molar-refractivity contribution in [3.63, 3.8) is 0 Å². The quantitative estimate of drug-likeness (QED) is 0.710. The van der Waals surface area contributed by atoms with Gasteiger partial charge in [-0.25, -0.2) is 0 Å². The molecule has 1 rings (SSSR count). The van der Waals surface area contributed by atoms with Gasteiger partial charge in [0.05, 0.1) is 18.8 Å². The summed E-state index contributed by atoms with van der Waals surface area (Å²) in [6, 6.07) is 0. The van der Waals surface area contributed by atoms with Gasteiger partial charge in [0.25, 0.3) is 0 Å². The zero-order chi connectivity index (χ0) is 12.7. The molecule has 1 N–H and O–H groups in total. The average molecular weight is 243 g/mol. The van der Waals surface area contributed by atoms with Crippen molar-refractivity contribution in [3.8, 4) is 0 Å². The molecule has 0 bridgehead atoms. The van der Waals surface area contributed by atoms with Crippen LogP contribution in [0.2, 0.25) is 0 Å². The molecule has 1 aliphatic rings. The van der Waals surface area contributed by atoms with Crippen LogP contribution in [0.25, 0.3) is 0 Å². The lowest BCUT2D eigenvalue weighted by molar-refractivity contribution is 0.0479. The van der Waals surface area contributed by atoms with E-state index in [0.29, 0.717) is 6.10 Å². The highest BCUT2D eigenvalue weighted by molar-refractivity contribution is 4.72. The van der Waals surface area contributed by atoms with Crippen LogP contribution in [0.4, 0.5) is 0 Å². The largest absolute Gasteiger partial charge is 0.392 e. The second kappa shape index (κ2) is 8.06. The smallest absolute Gasteiger partial charge is 0.0669 e. The second-order valence-corrected chi connectivity index (χ2v) is 5.72. The molecule has 1 saturated carbocycles. The Morgan fingerprint density at radius 1 is 1.29 bits per heavy atom. The van der Waals surface area contributed by atoms with Crippen molar-refractivity contribution in [1.29, 1.82) is 0 Å². The molecule has 1 aliphatic carbocycles. The summed E-state index contributed by atoms with van der Waals surface area (Å²) in [6.45, 7) is 6.53. The summed E-state index contributed by atoms with van der Waals surface area (Å²) in [5.74, 6) is 0.769. The van der Waals surface area contributed by atoms with Crippen LogP contribution >= 0.6 is 0 Å². The lowest BCUT2D eigenvalue weighted by Crippen LogP contribution is -2.33. The molecular formula is C14H29NO2. The SMILES string of the molecule is CC(C)OCCN(C)CC(O)CC1CCCC1. The summed E-state index contributed by atoms with van der Waals surface area (Å²) >= 11 is 0. The maximum atomic E-state index is 10.0. The average Bonchev–Trinajstić information content (AvgIpc) is 2.69. The first-order valence-electron chi connectivity index (χ1n) is 7.06. The predicted molar refractivity (Wildman–Crippen MR) is 71.2 cm³/mol. The van der Waals surface area contributed by atoms with Crippen molar-refractivity contribution in [3.05, 3.63) is 0 Å². The Morgan fingerprint density at radius 3 is 2.53 bits per heavy atom. The van der Waals surface area contributed by atoms with Gasteiger partial charge in [0.15, 0.2) is 0 Å². The van der Waals surface area contributed by atoms with E-state index in [4.69, 9.17) is 4.74 Å². The van der Waals surface area contributed by atoms with Crippen molar-refractivity contribution in [2.75, 3.05) is 26.7 Å². The molecule has 1 atom stereocenters. The Hall–Kier alpha value is -0.120. The zero-order valence-electron chi connectivity index (χ0n) is 11.7. The number of rotatable bonds is 8. The first-order chi connectivity index (χ1) is 8.08. The Balaban J connectivity index is 2.05. The van der Waals surface area contributed by atoms with Crippen LogP contribution < -0.4 is 0 Å². The Kier molecular flexibility index (Phi) is 7.09. The third-order valence-electron chi connectivity index (χ3n) is 3.53. The predicted octanol–water partition coefficient (Wildman–Crippen LogP) is 2.28. The molecule has 0 aromatic heterocycles. The van der Waals surface area contributed by atoms with E-state index in [0.717, 1.165) is 32.0 Å². The molecule has 102 valence electrons. The van der Waals surface area contributed by atoms with Crippen LogP contribution in [0.3, 0.4) is 0 Å². The Labute approximate surface area is 106 Å². The van der Waals surface area contributed by atoms with Gasteiger partial charge < -0.3 is 14.7 Å². The van der Waals surface area contributed by atoms with Crippen molar-refractivity contribution < 1.29 is 9.84 Å². The molecule has 3 nitrogen and oxygen atoms in total. The number of ether oxygens (including phenoxy) is 1. The minimum atomic E-state index is -0.165. The highest BCUT2D eigenvalue weighted by Gasteiger charge is 2.19. The van der Waals surface area contributed by atoms with Gasteiger partial charge in [0.1, 0.15) is 0 Å². The molecule has 0 amide bonds. The fourth-order valence-electron chi connectivity index (χ4n) is 2.60. The van der Waals surface area contributed by atoms with Crippen LogP contribution in [0.5, 0.6) is 0 Å². The van der Waals surface area contributed by atoms with Crippen LogP contribution in [0.1, 0.15) is 46.0 Å². The third kappa shape index (κ3) is 7.02. The molecule has 0 aromatic carbocycles. The van der Waals surface area contributed by atoms with E-state index in [1.807, 2.05) is 0 Å². The lowest BCUT2D eigenvalue weighted by atomic mass is 10.00. The molecule has 0 spiro atoms. The van der Waals surface area contributed by atoms with Gasteiger partial charge in [-0.05, 0) is 33.2 Å². The maximum Gasteiger partial charge on any atom is 0.0669 e. The number of nitrogens with zero attached hydrogens (tertiary/aromatic N) is 1. The van der Waals surface area contributed by atoms with Crippen LogP contribution in [0.15, 0.2) is 0 Å². The molecule has 17 heavy (non-hydrogen) atoms. The van der Waals surface area contributed by atoms with Gasteiger partial charge in [0.2, 0.25) is 0 Å². The topological polar surface area (TPSA) is 32.7 Å². The summed E-state index contributed by atoms with van der Waals surface area (Å²) < 4.78 is 5.50. The van der Waals surface area contributed by atoms with E-state index in [1.165, 1.54) is 25.7 Å². The number of likely N-dealkylation sites (N-methyl/N-ethyl adjacent to an activating group) is 1. The van der Waals surface area contributed by atoms with Crippen molar-refractivity contribution in [1.82, 2.24) is 4.90 Å². The number of aliphatic hydroxyl groups excluding tert-OH is 1. The van der Waals surface area contributed by atoms with Crippen LogP contribution in [0, 0.1) is 5.92 Å². The normalized spacial score (nSPS) is 19.4. The van der Waals surface area contributed by atoms with Crippen LogP contribution in [-0.4, -0.2) is 49.0 Å². The van der Waals surface area contributed by atoms with Gasteiger partial charge in [-0.15, -0.1) is 0 Å². The van der Waals surface area contributed by atoms with E-state index in [-0.39, 0.29) is 6.10 Å². The zero-order valence-corrected chi connectivity index (χ0v) is 11.7. The summed E-state index contributed by atoms with van der Waals surface area (Å²) in [4.78, 5) is 2.17. The molecule has 0 aliphatic heterocycles. The minimum Gasteiger partial charge on any atom is -0.392 e. The molecule has 1 fully saturated rings. The molecule has 0 aromatic rings. The third-order valence-corrected chi connectivity index (χ3v) is 3.53. The van der Waals surface area contributed by atoms with Crippen molar-refractivity contribution >= 4 is 0 Å². The molecular weight excluding hydrogens is 214 g/mol. The van der Waals surface area contributed by atoms with E-state index in [9.17, 15) is 5.11 Å². The Bertz CT molecular complexity index is 191. The fourth-order valence-corrected chi connectivity index (χ4v) is 2.60. The first-order valence-corrected chi connectivity index (χ1v) is 7.06. The highest BCUT2D eigenvalue weighted by Crippen LogP contribution is 2.28. The molecule has 0 heterocycles. The second-order valence-electron chi connectivity index (χ2n) is 5.72. The van der Waals surface area contributed by atoms with Gasteiger partial charge in [0, 0.05) is 13.1 Å². The molecule has 3 heteroatoms. The van der Waals surface area contributed by atoms with Gasteiger partial charge >= 0.3 is 0 Å². The molecule has 0 radical (unpaired) electrons. The van der Waals surface area contributed by atoms with E-state index >= 15 is 0 Å². The minimum absolute atomic E-state index is 0.165. The summed E-state index contributed by atoms with van der Waals surface area (Å²) in [6.07, 6.45) is 6.46. The summed E-state index contributed by atoms with van der Waals surface area (Å²) in [5, 5.41) is 10.0. The lowest BCUT2D eigenvalue weighted by Gasteiger charge is -2.22. The maximum absolute atomic E-state index is 10.0. The van der Waals surface area contributed by atoms with E-state index in [1.54, 1.807) is 0 Å². The fraction of sp³-hybridized carbons (Fsp3) is 1.00. The van der Waals surface area contributed by atoms with Gasteiger partial charge in [-0.3, -0.25) is 0 Å². The van der Waals surface area contributed by atoms with E-state index in [2.05, 4.69) is 25.8 Å². The number of hydrogen-bond acceptors (Lipinski definition) is 3. The summed E-state index contributed by atoms with van der Waals surface area (Å²) in [7, 11) is 2.06. The van der Waals surface area contributed by atoms with E-state index < -0.39 is 0 Å². The van der Waals surface area contributed by atoms with Crippen molar-refractivity contribution in [2.45, 2.75) is 58.2 Å². The van der Waals surface area contributed by atoms with Gasteiger partial charge in [-0.2, -0.15) is 0 Å². The molecule has 0 saturated heterocycles. The monoisotopic (exact) mass is 243 g/mol. The number of aliphatic hydroxyl groups is 1. The Morgan fingerprint density at radius 2 is 1.94 bits per heavy atom. The van der Waals surface area contributed by atoms with Gasteiger partial charge in [-0.1, -0.05) is 25.7 Å².